The first kappa shape index (κ1) is 17.0. The molecule has 1 fully saturated rings. The second kappa shape index (κ2) is 7.24. The van der Waals surface area contributed by atoms with Crippen molar-refractivity contribution in [2.24, 2.45) is 5.92 Å². The lowest BCUT2D eigenvalue weighted by Crippen LogP contribution is -2.46. The van der Waals surface area contributed by atoms with Crippen LogP contribution in [-0.4, -0.2) is 51.7 Å². The van der Waals surface area contributed by atoms with E-state index in [1.54, 1.807) is 18.2 Å². The average molecular weight is 324 g/mol. The van der Waals surface area contributed by atoms with Gasteiger partial charge in [-0.3, -0.25) is 4.79 Å². The van der Waals surface area contributed by atoms with Crippen LogP contribution in [0.4, 0.5) is 0 Å². The third-order valence-corrected chi connectivity index (χ3v) is 5.01. The van der Waals surface area contributed by atoms with Gasteiger partial charge in [-0.15, -0.1) is 0 Å². The van der Waals surface area contributed by atoms with E-state index in [0.29, 0.717) is 17.7 Å². The molecule has 1 amide bonds. The lowest BCUT2D eigenvalue weighted by molar-refractivity contribution is -0.132. The summed E-state index contributed by atoms with van der Waals surface area (Å²) in [6, 6.07) is 6.99. The zero-order chi connectivity index (χ0) is 16.2. The van der Waals surface area contributed by atoms with E-state index in [4.69, 9.17) is 0 Å². The number of piperazine rings is 1. The Balaban J connectivity index is 1.94. The SMILES string of the molecule is CC(CC(=O)N1CCNCC1)Cc1cccc(S(C)(=O)=O)c1. The Kier molecular flexibility index (Phi) is 5.58. The van der Waals surface area contributed by atoms with Crippen LogP contribution < -0.4 is 5.32 Å². The highest BCUT2D eigenvalue weighted by Gasteiger charge is 2.19. The molecular formula is C16H24N2O3S. The number of hydrogen-bond acceptors (Lipinski definition) is 4. The van der Waals surface area contributed by atoms with E-state index in [1.165, 1.54) is 6.26 Å². The molecule has 1 aromatic rings. The second-order valence-corrected chi connectivity index (χ2v) is 8.08. The first-order valence-corrected chi connectivity index (χ1v) is 9.53. The topological polar surface area (TPSA) is 66.5 Å². The van der Waals surface area contributed by atoms with Crippen LogP contribution in [0.25, 0.3) is 0 Å². The normalized spacial score (nSPS) is 17.3. The van der Waals surface area contributed by atoms with Crippen molar-refractivity contribution in [1.82, 2.24) is 10.2 Å². The van der Waals surface area contributed by atoms with Gasteiger partial charge < -0.3 is 10.2 Å². The van der Waals surface area contributed by atoms with Crippen LogP contribution in [0.5, 0.6) is 0 Å². The molecule has 1 aliphatic rings. The van der Waals surface area contributed by atoms with Crippen molar-refractivity contribution >= 4 is 15.7 Å². The van der Waals surface area contributed by atoms with E-state index in [9.17, 15) is 13.2 Å². The number of sulfone groups is 1. The maximum atomic E-state index is 12.2. The number of hydrogen-bond donors (Lipinski definition) is 1. The van der Waals surface area contributed by atoms with E-state index >= 15 is 0 Å². The maximum Gasteiger partial charge on any atom is 0.222 e. The molecule has 2 rings (SSSR count). The van der Waals surface area contributed by atoms with E-state index in [0.717, 1.165) is 31.7 Å². The maximum absolute atomic E-state index is 12.2. The molecule has 0 radical (unpaired) electrons. The van der Waals surface area contributed by atoms with Crippen LogP contribution in [0.2, 0.25) is 0 Å². The molecular weight excluding hydrogens is 300 g/mol. The van der Waals surface area contributed by atoms with E-state index in [2.05, 4.69) is 5.32 Å². The van der Waals surface area contributed by atoms with Crippen LogP contribution in [0.1, 0.15) is 18.9 Å². The number of benzene rings is 1. The summed E-state index contributed by atoms with van der Waals surface area (Å²) in [6.07, 6.45) is 2.42. The Morgan fingerprint density at radius 3 is 2.64 bits per heavy atom. The van der Waals surface area contributed by atoms with Crippen molar-refractivity contribution in [3.63, 3.8) is 0 Å². The smallest absolute Gasteiger partial charge is 0.222 e. The van der Waals surface area contributed by atoms with Gasteiger partial charge in [0, 0.05) is 38.9 Å². The first-order valence-electron chi connectivity index (χ1n) is 7.64. The van der Waals surface area contributed by atoms with Gasteiger partial charge in [0.05, 0.1) is 4.90 Å². The molecule has 5 nitrogen and oxygen atoms in total. The van der Waals surface area contributed by atoms with Crippen molar-refractivity contribution < 1.29 is 13.2 Å². The summed E-state index contributed by atoms with van der Waals surface area (Å²) in [7, 11) is -3.18. The van der Waals surface area contributed by atoms with Gasteiger partial charge in [0.25, 0.3) is 0 Å². The summed E-state index contributed by atoms with van der Waals surface area (Å²) < 4.78 is 23.2. The minimum Gasteiger partial charge on any atom is -0.340 e. The standard InChI is InChI=1S/C16H24N2O3S/c1-13(11-16(19)18-8-6-17-7-9-18)10-14-4-3-5-15(12-14)22(2,20)21/h3-5,12-13,17H,6-11H2,1-2H3. The second-order valence-electron chi connectivity index (χ2n) is 6.06. The molecule has 22 heavy (non-hydrogen) atoms. The Morgan fingerprint density at radius 2 is 2.00 bits per heavy atom. The van der Waals surface area contributed by atoms with Gasteiger partial charge in [-0.05, 0) is 30.0 Å². The number of rotatable bonds is 5. The third-order valence-electron chi connectivity index (χ3n) is 3.90. The molecule has 1 N–H and O–H groups in total. The van der Waals surface area contributed by atoms with Crippen molar-refractivity contribution in [2.75, 3.05) is 32.4 Å². The van der Waals surface area contributed by atoms with E-state index in [1.807, 2.05) is 17.9 Å². The number of carbonyl (C=O) groups is 1. The van der Waals surface area contributed by atoms with Crippen LogP contribution in [-0.2, 0) is 21.1 Å². The van der Waals surface area contributed by atoms with Gasteiger partial charge in [-0.1, -0.05) is 19.1 Å². The zero-order valence-electron chi connectivity index (χ0n) is 13.2. The molecule has 6 heteroatoms. The summed E-state index contributed by atoms with van der Waals surface area (Å²) in [4.78, 5) is 14.5. The Hall–Kier alpha value is -1.40. The lowest BCUT2D eigenvalue weighted by Gasteiger charge is -2.28. The molecule has 0 aromatic heterocycles. The third kappa shape index (κ3) is 4.81. The summed E-state index contributed by atoms with van der Waals surface area (Å²) in [6.45, 7) is 5.30. The molecule has 122 valence electrons. The molecule has 1 unspecified atom stereocenters. The minimum absolute atomic E-state index is 0.188. The number of nitrogens with one attached hydrogen (secondary N) is 1. The van der Waals surface area contributed by atoms with Crippen molar-refractivity contribution in [2.45, 2.75) is 24.7 Å². The molecule has 1 aromatic carbocycles. The predicted molar refractivity (Wildman–Crippen MR) is 86.5 cm³/mol. The van der Waals surface area contributed by atoms with Crippen molar-refractivity contribution in [1.29, 1.82) is 0 Å². The Bertz CT molecular complexity index is 622. The Morgan fingerprint density at radius 1 is 1.32 bits per heavy atom. The monoisotopic (exact) mass is 324 g/mol. The molecule has 0 saturated carbocycles. The van der Waals surface area contributed by atoms with Crippen molar-refractivity contribution in [3.8, 4) is 0 Å². The van der Waals surface area contributed by atoms with Gasteiger partial charge in [0.1, 0.15) is 0 Å². The summed E-state index contributed by atoms with van der Waals surface area (Å²) in [5.74, 6) is 0.380. The summed E-state index contributed by atoms with van der Waals surface area (Å²) in [5.41, 5.74) is 0.962. The first-order chi connectivity index (χ1) is 10.4. The van der Waals surface area contributed by atoms with E-state index in [-0.39, 0.29) is 11.8 Å². The van der Waals surface area contributed by atoms with Gasteiger partial charge in [-0.2, -0.15) is 0 Å². The van der Waals surface area contributed by atoms with Gasteiger partial charge in [0.15, 0.2) is 9.84 Å². The minimum atomic E-state index is -3.18. The van der Waals surface area contributed by atoms with Gasteiger partial charge >= 0.3 is 0 Å². The van der Waals surface area contributed by atoms with Crippen molar-refractivity contribution in [3.05, 3.63) is 29.8 Å². The van der Waals surface area contributed by atoms with Gasteiger partial charge in [0.2, 0.25) is 5.91 Å². The molecule has 1 heterocycles. The van der Waals surface area contributed by atoms with Gasteiger partial charge in [-0.25, -0.2) is 8.42 Å². The highest BCUT2D eigenvalue weighted by atomic mass is 32.2. The highest BCUT2D eigenvalue weighted by Crippen LogP contribution is 2.17. The molecule has 1 saturated heterocycles. The molecule has 0 aliphatic carbocycles. The average Bonchev–Trinajstić information content (AvgIpc) is 2.47. The largest absolute Gasteiger partial charge is 0.340 e. The van der Waals surface area contributed by atoms with E-state index < -0.39 is 9.84 Å². The van der Waals surface area contributed by atoms with Crippen LogP contribution in [0.3, 0.4) is 0 Å². The van der Waals surface area contributed by atoms with Crippen LogP contribution >= 0.6 is 0 Å². The Labute approximate surface area is 132 Å². The lowest BCUT2D eigenvalue weighted by atomic mass is 9.97. The number of amides is 1. The van der Waals surface area contributed by atoms with Crippen LogP contribution in [0.15, 0.2) is 29.2 Å². The quantitative estimate of drug-likeness (QED) is 0.880. The summed E-state index contributed by atoms with van der Waals surface area (Å²) >= 11 is 0. The predicted octanol–water partition coefficient (Wildman–Crippen LogP) is 1.09. The molecule has 1 aliphatic heterocycles. The molecule has 1 atom stereocenters. The number of nitrogens with zero attached hydrogens (tertiary/aromatic N) is 1. The molecule has 0 bridgehead atoms. The number of carbonyl (C=O) groups excluding carboxylic acids is 1. The fraction of sp³-hybridized carbons (Fsp3) is 0.562. The fourth-order valence-electron chi connectivity index (χ4n) is 2.72. The fourth-order valence-corrected chi connectivity index (χ4v) is 3.41. The van der Waals surface area contributed by atoms with Crippen LogP contribution in [0, 0.1) is 5.92 Å². The zero-order valence-corrected chi connectivity index (χ0v) is 14.0. The molecule has 0 spiro atoms. The highest BCUT2D eigenvalue weighted by molar-refractivity contribution is 7.90. The summed E-state index contributed by atoms with van der Waals surface area (Å²) in [5, 5.41) is 3.23.